The molecule has 1 fully saturated rings. The summed E-state index contributed by atoms with van der Waals surface area (Å²) in [6.07, 6.45) is 1.56. The van der Waals surface area contributed by atoms with E-state index in [1.54, 1.807) is 60.1 Å². The lowest BCUT2D eigenvalue weighted by Gasteiger charge is -2.23. The van der Waals surface area contributed by atoms with Gasteiger partial charge in [-0.2, -0.15) is 0 Å². The second-order valence-electron chi connectivity index (χ2n) is 6.50. The normalized spacial score (nSPS) is 18.1. The van der Waals surface area contributed by atoms with Crippen LogP contribution in [0.15, 0.2) is 65.7 Å². The highest BCUT2D eigenvalue weighted by atomic mass is 35.5. The van der Waals surface area contributed by atoms with E-state index in [1.165, 1.54) is 16.2 Å². The lowest BCUT2D eigenvalue weighted by Crippen LogP contribution is -2.29. The number of amides is 1. The number of aromatic nitrogens is 1. The molecule has 152 valence electrons. The van der Waals surface area contributed by atoms with Gasteiger partial charge in [-0.3, -0.25) is 14.5 Å². The predicted octanol–water partition coefficient (Wildman–Crippen LogP) is 4.82. The SMILES string of the molecule is CCOc1cccc(/C(O)=C2\C(=O)C(=O)N(c3nccs3)C2c2ccc(Cl)cc2)c1. The fourth-order valence-electron chi connectivity index (χ4n) is 3.38. The number of nitrogens with zero attached hydrogens (tertiary/aromatic N) is 2. The van der Waals surface area contributed by atoms with Crippen LogP contribution < -0.4 is 9.64 Å². The Morgan fingerprint density at radius 3 is 2.67 bits per heavy atom. The van der Waals surface area contributed by atoms with Crippen molar-refractivity contribution in [2.24, 2.45) is 0 Å². The molecule has 1 atom stereocenters. The van der Waals surface area contributed by atoms with Crippen molar-refractivity contribution >= 4 is 45.5 Å². The number of ether oxygens (including phenoxy) is 1. The van der Waals surface area contributed by atoms with Crippen LogP contribution >= 0.6 is 22.9 Å². The van der Waals surface area contributed by atoms with Gasteiger partial charge in [-0.25, -0.2) is 4.98 Å². The van der Waals surface area contributed by atoms with Crippen LogP contribution in [-0.4, -0.2) is 28.4 Å². The van der Waals surface area contributed by atoms with Crippen LogP contribution in [0.25, 0.3) is 5.76 Å². The molecule has 0 spiro atoms. The average molecular weight is 441 g/mol. The molecule has 2 heterocycles. The highest BCUT2D eigenvalue weighted by Crippen LogP contribution is 2.43. The smallest absolute Gasteiger partial charge is 0.301 e. The lowest BCUT2D eigenvalue weighted by atomic mass is 9.95. The molecule has 1 unspecified atom stereocenters. The number of anilines is 1. The zero-order valence-corrected chi connectivity index (χ0v) is 17.5. The molecule has 0 saturated carbocycles. The average Bonchev–Trinajstić information content (AvgIpc) is 3.36. The molecule has 8 heteroatoms. The first kappa shape index (κ1) is 20.1. The fourth-order valence-corrected chi connectivity index (χ4v) is 4.17. The van der Waals surface area contributed by atoms with Gasteiger partial charge < -0.3 is 9.84 Å². The third kappa shape index (κ3) is 3.58. The molecule has 6 nitrogen and oxygen atoms in total. The number of hydrogen-bond acceptors (Lipinski definition) is 6. The Balaban J connectivity index is 1.90. The van der Waals surface area contributed by atoms with Crippen LogP contribution in [0, 0.1) is 0 Å². The molecular formula is C22H17ClN2O4S. The van der Waals surface area contributed by atoms with Gasteiger partial charge >= 0.3 is 5.91 Å². The summed E-state index contributed by atoms with van der Waals surface area (Å²) in [6.45, 7) is 2.32. The minimum atomic E-state index is -0.829. The number of Topliss-reactive ketones (excluding diaryl/α,β-unsaturated/α-hetero) is 1. The molecule has 0 aliphatic carbocycles. The number of thiazole rings is 1. The van der Waals surface area contributed by atoms with E-state index in [0.717, 1.165) is 0 Å². The van der Waals surface area contributed by atoms with Crippen molar-refractivity contribution in [3.8, 4) is 5.75 Å². The van der Waals surface area contributed by atoms with E-state index in [2.05, 4.69) is 4.98 Å². The summed E-state index contributed by atoms with van der Waals surface area (Å²) in [5, 5.41) is 13.7. The molecule has 1 saturated heterocycles. The van der Waals surface area contributed by atoms with E-state index in [1.807, 2.05) is 6.92 Å². The summed E-state index contributed by atoms with van der Waals surface area (Å²) in [6, 6.07) is 12.7. The summed E-state index contributed by atoms with van der Waals surface area (Å²) in [5.41, 5.74) is 1.01. The van der Waals surface area contributed by atoms with Gasteiger partial charge in [0.05, 0.1) is 18.2 Å². The number of carbonyl (C=O) groups is 2. The van der Waals surface area contributed by atoms with Crippen molar-refractivity contribution in [1.82, 2.24) is 4.98 Å². The molecule has 2 aromatic carbocycles. The van der Waals surface area contributed by atoms with Gasteiger partial charge in [-0.15, -0.1) is 11.3 Å². The maximum Gasteiger partial charge on any atom is 0.301 e. The molecule has 1 amide bonds. The van der Waals surface area contributed by atoms with Gasteiger partial charge in [0.25, 0.3) is 5.78 Å². The number of benzene rings is 2. The summed E-state index contributed by atoms with van der Waals surface area (Å²) < 4.78 is 5.49. The second-order valence-corrected chi connectivity index (χ2v) is 7.81. The third-order valence-electron chi connectivity index (χ3n) is 4.67. The number of hydrogen-bond donors (Lipinski definition) is 1. The van der Waals surface area contributed by atoms with Crippen molar-refractivity contribution in [3.63, 3.8) is 0 Å². The van der Waals surface area contributed by atoms with Gasteiger partial charge in [-0.05, 0) is 36.8 Å². The minimum Gasteiger partial charge on any atom is -0.507 e. The van der Waals surface area contributed by atoms with Crippen LogP contribution in [0.5, 0.6) is 5.75 Å². The molecule has 0 radical (unpaired) electrons. The van der Waals surface area contributed by atoms with Crippen LogP contribution in [-0.2, 0) is 9.59 Å². The first-order chi connectivity index (χ1) is 14.5. The predicted molar refractivity (Wildman–Crippen MR) is 116 cm³/mol. The number of halogens is 1. The molecule has 1 aromatic heterocycles. The lowest BCUT2D eigenvalue weighted by molar-refractivity contribution is -0.132. The number of ketones is 1. The number of aliphatic hydroxyl groups is 1. The van der Waals surface area contributed by atoms with Crippen LogP contribution in [0.2, 0.25) is 5.02 Å². The van der Waals surface area contributed by atoms with Crippen molar-refractivity contribution in [2.75, 3.05) is 11.5 Å². The third-order valence-corrected chi connectivity index (χ3v) is 5.70. The summed E-state index contributed by atoms with van der Waals surface area (Å²) in [4.78, 5) is 31.4. The minimum absolute atomic E-state index is 0.00818. The van der Waals surface area contributed by atoms with Crippen molar-refractivity contribution in [2.45, 2.75) is 13.0 Å². The van der Waals surface area contributed by atoms with Gasteiger partial charge in [0.2, 0.25) is 0 Å². The highest BCUT2D eigenvalue weighted by molar-refractivity contribution is 7.14. The first-order valence-corrected chi connectivity index (χ1v) is 10.5. The van der Waals surface area contributed by atoms with Gasteiger partial charge in [0.15, 0.2) is 5.13 Å². The molecule has 1 N–H and O–H groups in total. The Morgan fingerprint density at radius 2 is 2.00 bits per heavy atom. The van der Waals surface area contributed by atoms with E-state index in [9.17, 15) is 14.7 Å². The van der Waals surface area contributed by atoms with Crippen molar-refractivity contribution in [1.29, 1.82) is 0 Å². The largest absolute Gasteiger partial charge is 0.507 e. The summed E-state index contributed by atoms with van der Waals surface area (Å²) in [5.74, 6) is -1.23. The molecule has 1 aliphatic rings. The summed E-state index contributed by atoms with van der Waals surface area (Å²) in [7, 11) is 0. The second kappa shape index (κ2) is 8.30. The highest BCUT2D eigenvalue weighted by Gasteiger charge is 2.47. The fraction of sp³-hybridized carbons (Fsp3) is 0.136. The zero-order chi connectivity index (χ0) is 21.3. The van der Waals surface area contributed by atoms with Crippen molar-refractivity contribution < 1.29 is 19.4 Å². The van der Waals surface area contributed by atoms with E-state index in [-0.39, 0.29) is 11.3 Å². The Morgan fingerprint density at radius 1 is 1.23 bits per heavy atom. The van der Waals surface area contributed by atoms with E-state index in [4.69, 9.17) is 16.3 Å². The van der Waals surface area contributed by atoms with Crippen molar-refractivity contribution in [3.05, 3.63) is 81.8 Å². The molecule has 4 rings (SSSR count). The first-order valence-electron chi connectivity index (χ1n) is 9.20. The van der Waals surface area contributed by atoms with E-state index >= 15 is 0 Å². The van der Waals surface area contributed by atoms with E-state index < -0.39 is 17.7 Å². The zero-order valence-electron chi connectivity index (χ0n) is 15.9. The monoisotopic (exact) mass is 440 g/mol. The topological polar surface area (TPSA) is 79.7 Å². The van der Waals surface area contributed by atoms with Crippen LogP contribution in [0.1, 0.15) is 24.1 Å². The standard InChI is InChI=1S/C22H17ClN2O4S/c1-2-29-16-5-3-4-14(12-16)19(26)17-18(13-6-8-15(23)9-7-13)25(21(28)20(17)27)22-24-10-11-30-22/h3-12,18,26H,2H2,1H3/b19-17+. The molecule has 30 heavy (non-hydrogen) atoms. The van der Waals surface area contributed by atoms with Crippen LogP contribution in [0.3, 0.4) is 0 Å². The Kier molecular flexibility index (Phi) is 5.57. The van der Waals surface area contributed by atoms with E-state index in [0.29, 0.717) is 33.6 Å². The van der Waals surface area contributed by atoms with Gasteiger partial charge in [0.1, 0.15) is 11.5 Å². The molecule has 3 aromatic rings. The maximum absolute atomic E-state index is 13.0. The molecule has 1 aliphatic heterocycles. The Hall–Kier alpha value is -3.16. The van der Waals surface area contributed by atoms with Gasteiger partial charge in [0, 0.05) is 22.2 Å². The Bertz CT molecular complexity index is 1130. The number of rotatable bonds is 5. The number of carbonyl (C=O) groups excluding carboxylic acids is 2. The quantitative estimate of drug-likeness (QED) is 0.349. The molecule has 0 bridgehead atoms. The summed E-state index contributed by atoms with van der Waals surface area (Å²) >= 11 is 7.26. The number of aliphatic hydroxyl groups excluding tert-OH is 1. The molecular weight excluding hydrogens is 424 g/mol. The van der Waals surface area contributed by atoms with Crippen LogP contribution in [0.4, 0.5) is 5.13 Å². The van der Waals surface area contributed by atoms with Gasteiger partial charge in [-0.1, -0.05) is 35.9 Å². The maximum atomic E-state index is 13.0. The Labute approximate surface area is 182 Å².